The Balaban J connectivity index is 2.02. The van der Waals surface area contributed by atoms with E-state index in [4.69, 9.17) is 0 Å². The molecule has 0 bridgehead atoms. The fourth-order valence-electron chi connectivity index (χ4n) is 1.37. The number of benzene rings is 1. The van der Waals surface area contributed by atoms with Crippen molar-refractivity contribution in [3.05, 3.63) is 52.0 Å². The second-order valence-electron chi connectivity index (χ2n) is 3.39. The molecule has 1 aromatic heterocycles. The first-order valence-corrected chi connectivity index (χ1v) is 5.66. The maximum atomic E-state index is 12.9. The van der Waals surface area contributed by atoms with Crippen molar-refractivity contribution in [2.75, 3.05) is 5.32 Å². The van der Waals surface area contributed by atoms with Gasteiger partial charge in [0.2, 0.25) is 0 Å². The fourth-order valence-corrected chi connectivity index (χ4v) is 2.21. The lowest BCUT2D eigenvalue weighted by Gasteiger charge is -2.05. The summed E-state index contributed by atoms with van der Waals surface area (Å²) in [6.07, 6.45) is 0. The van der Waals surface area contributed by atoms with Crippen molar-refractivity contribution in [2.45, 2.75) is 13.5 Å². The lowest BCUT2D eigenvalue weighted by atomic mass is 10.2. The summed E-state index contributed by atoms with van der Waals surface area (Å²) >= 11 is 1.72. The van der Waals surface area contributed by atoms with E-state index in [9.17, 15) is 4.39 Å². The standard InChI is InChI=1S/C12H12FNS/c1-9-5-6-15-12(9)8-14-11-4-2-3-10(13)7-11/h2-7,14H,8H2,1H3. The normalized spacial score (nSPS) is 10.3. The van der Waals surface area contributed by atoms with Gasteiger partial charge in [0.05, 0.1) is 0 Å². The molecule has 1 N–H and O–H groups in total. The van der Waals surface area contributed by atoms with Gasteiger partial charge in [0.25, 0.3) is 0 Å². The third kappa shape index (κ3) is 2.57. The van der Waals surface area contributed by atoms with Gasteiger partial charge in [0.15, 0.2) is 0 Å². The quantitative estimate of drug-likeness (QED) is 0.831. The number of hydrogen-bond donors (Lipinski definition) is 1. The molecule has 3 heteroatoms. The predicted octanol–water partition coefficient (Wildman–Crippen LogP) is 3.81. The Morgan fingerprint density at radius 1 is 1.33 bits per heavy atom. The molecule has 0 saturated carbocycles. The Kier molecular flexibility index (Phi) is 3.02. The van der Waals surface area contributed by atoms with Crippen LogP contribution in [0.15, 0.2) is 35.7 Å². The number of nitrogens with one attached hydrogen (secondary N) is 1. The van der Waals surface area contributed by atoms with Crippen LogP contribution in [0.25, 0.3) is 0 Å². The van der Waals surface area contributed by atoms with E-state index in [-0.39, 0.29) is 5.82 Å². The number of aryl methyl sites for hydroxylation is 1. The third-order valence-electron chi connectivity index (χ3n) is 2.25. The summed E-state index contributed by atoms with van der Waals surface area (Å²) in [5, 5.41) is 5.27. The van der Waals surface area contributed by atoms with Crippen molar-refractivity contribution < 1.29 is 4.39 Å². The molecule has 0 amide bonds. The van der Waals surface area contributed by atoms with Gasteiger partial charge in [-0.25, -0.2) is 4.39 Å². The van der Waals surface area contributed by atoms with Crippen molar-refractivity contribution in [1.29, 1.82) is 0 Å². The highest BCUT2D eigenvalue weighted by atomic mass is 32.1. The summed E-state index contributed by atoms with van der Waals surface area (Å²) in [5.74, 6) is -0.206. The molecule has 0 saturated heterocycles. The smallest absolute Gasteiger partial charge is 0.125 e. The van der Waals surface area contributed by atoms with E-state index in [0.717, 1.165) is 12.2 Å². The zero-order valence-corrected chi connectivity index (χ0v) is 9.27. The highest BCUT2D eigenvalue weighted by molar-refractivity contribution is 7.10. The van der Waals surface area contributed by atoms with E-state index in [1.807, 2.05) is 6.07 Å². The van der Waals surface area contributed by atoms with Crippen LogP contribution < -0.4 is 5.32 Å². The molecule has 0 unspecified atom stereocenters. The third-order valence-corrected chi connectivity index (χ3v) is 3.27. The Labute approximate surface area is 92.6 Å². The molecule has 0 atom stereocenters. The molecule has 0 radical (unpaired) electrons. The van der Waals surface area contributed by atoms with Crippen LogP contribution in [0.5, 0.6) is 0 Å². The molecule has 0 fully saturated rings. The molecule has 1 aromatic carbocycles. The van der Waals surface area contributed by atoms with Crippen LogP contribution in [0.3, 0.4) is 0 Å². The van der Waals surface area contributed by atoms with Crippen LogP contribution >= 0.6 is 11.3 Å². The summed E-state index contributed by atoms with van der Waals surface area (Å²) < 4.78 is 12.9. The van der Waals surface area contributed by atoms with Crippen LogP contribution in [0, 0.1) is 12.7 Å². The molecular formula is C12H12FNS. The highest BCUT2D eigenvalue weighted by Gasteiger charge is 1.99. The van der Waals surface area contributed by atoms with Crippen LogP contribution in [-0.2, 0) is 6.54 Å². The highest BCUT2D eigenvalue weighted by Crippen LogP contribution is 2.17. The van der Waals surface area contributed by atoms with Gasteiger partial charge >= 0.3 is 0 Å². The minimum atomic E-state index is -0.206. The maximum absolute atomic E-state index is 12.9. The van der Waals surface area contributed by atoms with E-state index >= 15 is 0 Å². The SMILES string of the molecule is Cc1ccsc1CNc1cccc(F)c1. The molecule has 0 aliphatic carbocycles. The van der Waals surface area contributed by atoms with E-state index in [1.54, 1.807) is 17.4 Å². The second kappa shape index (κ2) is 4.45. The molecule has 78 valence electrons. The zero-order chi connectivity index (χ0) is 10.7. The summed E-state index contributed by atoms with van der Waals surface area (Å²) in [6, 6.07) is 8.61. The predicted molar refractivity (Wildman–Crippen MR) is 62.8 cm³/mol. The average molecular weight is 221 g/mol. The summed E-state index contributed by atoms with van der Waals surface area (Å²) in [5.41, 5.74) is 2.10. The van der Waals surface area contributed by atoms with E-state index < -0.39 is 0 Å². The first-order chi connectivity index (χ1) is 7.25. The number of halogens is 1. The summed E-state index contributed by atoms with van der Waals surface area (Å²) in [4.78, 5) is 1.29. The maximum Gasteiger partial charge on any atom is 0.125 e. The first kappa shape index (κ1) is 10.2. The molecule has 1 heterocycles. The first-order valence-electron chi connectivity index (χ1n) is 4.78. The van der Waals surface area contributed by atoms with Gasteiger partial charge in [-0.05, 0) is 42.1 Å². The van der Waals surface area contributed by atoms with Crippen LogP contribution in [0.1, 0.15) is 10.4 Å². The Morgan fingerprint density at radius 2 is 2.20 bits per heavy atom. The monoisotopic (exact) mass is 221 g/mol. The topological polar surface area (TPSA) is 12.0 Å². The van der Waals surface area contributed by atoms with E-state index in [1.165, 1.54) is 22.6 Å². The second-order valence-corrected chi connectivity index (χ2v) is 4.39. The van der Waals surface area contributed by atoms with Crippen molar-refractivity contribution >= 4 is 17.0 Å². The average Bonchev–Trinajstić information content (AvgIpc) is 2.61. The van der Waals surface area contributed by atoms with Crippen LogP contribution in [0.2, 0.25) is 0 Å². The van der Waals surface area contributed by atoms with Gasteiger partial charge in [-0.1, -0.05) is 6.07 Å². The van der Waals surface area contributed by atoms with Gasteiger partial charge in [-0.3, -0.25) is 0 Å². The van der Waals surface area contributed by atoms with Gasteiger partial charge in [0, 0.05) is 17.1 Å². The molecule has 15 heavy (non-hydrogen) atoms. The van der Waals surface area contributed by atoms with Crippen LogP contribution in [-0.4, -0.2) is 0 Å². The molecule has 0 aliphatic rings. The largest absolute Gasteiger partial charge is 0.380 e. The summed E-state index contributed by atoms with van der Waals surface area (Å²) in [6.45, 7) is 2.84. The van der Waals surface area contributed by atoms with Crippen molar-refractivity contribution in [2.24, 2.45) is 0 Å². The molecule has 2 rings (SSSR count). The van der Waals surface area contributed by atoms with Gasteiger partial charge in [-0.2, -0.15) is 0 Å². The Bertz CT molecular complexity index is 450. The number of hydrogen-bond acceptors (Lipinski definition) is 2. The minimum Gasteiger partial charge on any atom is -0.380 e. The summed E-state index contributed by atoms with van der Waals surface area (Å²) in [7, 11) is 0. The Morgan fingerprint density at radius 3 is 2.87 bits per heavy atom. The molecule has 1 nitrogen and oxygen atoms in total. The number of rotatable bonds is 3. The van der Waals surface area contributed by atoms with Gasteiger partial charge < -0.3 is 5.32 Å². The molecular weight excluding hydrogens is 209 g/mol. The zero-order valence-electron chi connectivity index (χ0n) is 8.46. The fraction of sp³-hybridized carbons (Fsp3) is 0.167. The number of thiophene rings is 1. The molecule has 0 aliphatic heterocycles. The Hall–Kier alpha value is -1.35. The number of anilines is 1. The lowest BCUT2D eigenvalue weighted by Crippen LogP contribution is -1.98. The van der Waals surface area contributed by atoms with E-state index in [2.05, 4.69) is 23.7 Å². The van der Waals surface area contributed by atoms with Gasteiger partial charge in [-0.15, -0.1) is 11.3 Å². The van der Waals surface area contributed by atoms with Crippen LogP contribution in [0.4, 0.5) is 10.1 Å². The molecule has 0 spiro atoms. The molecule has 2 aromatic rings. The minimum absolute atomic E-state index is 0.206. The van der Waals surface area contributed by atoms with E-state index in [0.29, 0.717) is 0 Å². The van der Waals surface area contributed by atoms with Gasteiger partial charge in [0.1, 0.15) is 5.82 Å². The van der Waals surface area contributed by atoms with Crippen molar-refractivity contribution in [3.8, 4) is 0 Å². The lowest BCUT2D eigenvalue weighted by molar-refractivity contribution is 0.628. The van der Waals surface area contributed by atoms with Crippen molar-refractivity contribution in [1.82, 2.24) is 0 Å². The van der Waals surface area contributed by atoms with Crippen molar-refractivity contribution in [3.63, 3.8) is 0 Å².